The molecule has 3 heterocycles. The Hall–Kier alpha value is -3.14. The van der Waals surface area contributed by atoms with Crippen LogP contribution in [0.1, 0.15) is 28.4 Å². The highest BCUT2D eigenvalue weighted by atomic mass is 19.4. The third-order valence-electron chi connectivity index (χ3n) is 4.66. The molecule has 4 rings (SSSR count). The minimum atomic E-state index is -4.93. The summed E-state index contributed by atoms with van der Waals surface area (Å²) in [5, 5.41) is 13.5. The van der Waals surface area contributed by atoms with Crippen molar-refractivity contribution < 1.29 is 32.5 Å². The SMILES string of the molecule is C[C@]1(CO)Cc2cc(CC(=O)c3cnn4cccnc34)c(OC(F)(F)F)cc2O1. The molecular formula is C19H16F3N3O4. The monoisotopic (exact) mass is 407 g/mol. The number of aliphatic hydroxyl groups excluding tert-OH is 1. The Morgan fingerprint density at radius 3 is 2.93 bits per heavy atom. The number of alkyl halides is 3. The van der Waals surface area contributed by atoms with Gasteiger partial charge in [0.2, 0.25) is 0 Å². The molecule has 29 heavy (non-hydrogen) atoms. The first-order chi connectivity index (χ1) is 13.7. The van der Waals surface area contributed by atoms with E-state index in [2.05, 4.69) is 14.8 Å². The van der Waals surface area contributed by atoms with Gasteiger partial charge in [0, 0.05) is 36.9 Å². The first-order valence-electron chi connectivity index (χ1n) is 8.70. The van der Waals surface area contributed by atoms with Gasteiger partial charge in [0.15, 0.2) is 11.4 Å². The lowest BCUT2D eigenvalue weighted by atomic mass is 9.96. The van der Waals surface area contributed by atoms with Crippen LogP contribution in [-0.2, 0) is 12.8 Å². The van der Waals surface area contributed by atoms with Crippen molar-refractivity contribution in [3.05, 3.63) is 53.5 Å². The van der Waals surface area contributed by atoms with Crippen LogP contribution < -0.4 is 9.47 Å². The Kier molecular flexibility index (Phi) is 4.45. The molecule has 3 aromatic rings. The van der Waals surface area contributed by atoms with Crippen molar-refractivity contribution in [2.24, 2.45) is 0 Å². The second-order valence-corrected chi connectivity index (χ2v) is 7.05. The fourth-order valence-corrected chi connectivity index (χ4v) is 3.33. The van der Waals surface area contributed by atoms with Gasteiger partial charge in [0.25, 0.3) is 0 Å². The van der Waals surface area contributed by atoms with Crippen LogP contribution in [0, 0.1) is 0 Å². The Balaban J connectivity index is 1.70. The lowest BCUT2D eigenvalue weighted by Crippen LogP contribution is -2.34. The van der Waals surface area contributed by atoms with E-state index in [4.69, 9.17) is 4.74 Å². The summed E-state index contributed by atoms with van der Waals surface area (Å²) in [6.07, 6.45) is -0.545. The smallest absolute Gasteiger partial charge is 0.484 e. The van der Waals surface area contributed by atoms with Crippen molar-refractivity contribution in [2.75, 3.05) is 6.61 Å². The van der Waals surface area contributed by atoms with Gasteiger partial charge < -0.3 is 14.6 Å². The van der Waals surface area contributed by atoms with Crippen molar-refractivity contribution in [3.8, 4) is 11.5 Å². The van der Waals surface area contributed by atoms with E-state index in [0.29, 0.717) is 17.6 Å². The molecule has 2 aromatic heterocycles. The van der Waals surface area contributed by atoms with Crippen molar-refractivity contribution in [1.82, 2.24) is 14.6 Å². The van der Waals surface area contributed by atoms with Gasteiger partial charge in [0.1, 0.15) is 17.1 Å². The third kappa shape index (κ3) is 3.75. The van der Waals surface area contributed by atoms with Gasteiger partial charge in [-0.3, -0.25) is 4.79 Å². The fraction of sp³-hybridized carbons (Fsp3) is 0.316. The number of ether oxygens (including phenoxy) is 2. The lowest BCUT2D eigenvalue weighted by molar-refractivity contribution is -0.274. The van der Waals surface area contributed by atoms with E-state index in [9.17, 15) is 23.1 Å². The molecule has 0 saturated carbocycles. The molecule has 1 atom stereocenters. The molecule has 1 aliphatic heterocycles. The Morgan fingerprint density at radius 1 is 1.41 bits per heavy atom. The molecule has 7 nitrogen and oxygen atoms in total. The van der Waals surface area contributed by atoms with E-state index in [-0.39, 0.29) is 29.9 Å². The number of Topliss-reactive ketones (excluding diaryl/α,β-unsaturated/α-hetero) is 1. The highest BCUT2D eigenvalue weighted by molar-refractivity contribution is 6.02. The predicted molar refractivity (Wildman–Crippen MR) is 94.0 cm³/mol. The number of benzene rings is 1. The van der Waals surface area contributed by atoms with Crippen molar-refractivity contribution in [3.63, 3.8) is 0 Å². The molecule has 0 radical (unpaired) electrons. The standard InChI is InChI=1S/C19H16F3N3O4/c1-18(10-26)8-12-5-11(15(7-16(12)28-18)29-19(20,21)22)6-14(27)13-9-24-25-4-2-3-23-17(13)25/h2-5,7,9,26H,6,8,10H2,1H3/t18-/m1/s1. The van der Waals surface area contributed by atoms with Gasteiger partial charge >= 0.3 is 6.36 Å². The van der Waals surface area contributed by atoms with Gasteiger partial charge in [0.05, 0.1) is 18.4 Å². The largest absolute Gasteiger partial charge is 0.573 e. The zero-order chi connectivity index (χ0) is 20.8. The van der Waals surface area contributed by atoms with Crippen LogP contribution in [0.4, 0.5) is 13.2 Å². The summed E-state index contributed by atoms with van der Waals surface area (Å²) in [7, 11) is 0. The number of halogens is 3. The maximum atomic E-state index is 12.9. The average Bonchev–Trinajstić information content (AvgIpc) is 3.21. The molecule has 1 aromatic carbocycles. The van der Waals surface area contributed by atoms with Crippen molar-refractivity contribution in [1.29, 1.82) is 0 Å². The van der Waals surface area contributed by atoms with Crippen molar-refractivity contribution >= 4 is 11.4 Å². The Morgan fingerprint density at radius 2 is 2.21 bits per heavy atom. The Bertz CT molecular complexity index is 1100. The number of fused-ring (bicyclic) bond motifs is 2. The molecule has 10 heteroatoms. The van der Waals surface area contributed by atoms with Crippen LogP contribution in [0.5, 0.6) is 11.5 Å². The minimum Gasteiger partial charge on any atom is -0.484 e. The number of carbonyl (C=O) groups excluding carboxylic acids is 1. The summed E-state index contributed by atoms with van der Waals surface area (Å²) >= 11 is 0. The summed E-state index contributed by atoms with van der Waals surface area (Å²) in [5.74, 6) is -0.777. The van der Waals surface area contributed by atoms with E-state index in [1.807, 2.05) is 0 Å². The van der Waals surface area contributed by atoms with E-state index >= 15 is 0 Å². The molecule has 0 saturated heterocycles. The number of rotatable bonds is 5. The highest BCUT2D eigenvalue weighted by Crippen LogP contribution is 2.41. The summed E-state index contributed by atoms with van der Waals surface area (Å²) in [6, 6.07) is 4.21. The van der Waals surface area contributed by atoms with E-state index in [0.717, 1.165) is 6.07 Å². The molecule has 0 unspecified atom stereocenters. The van der Waals surface area contributed by atoms with Crippen LogP contribution in [0.3, 0.4) is 0 Å². The van der Waals surface area contributed by atoms with E-state index in [1.165, 1.54) is 23.0 Å². The number of nitrogens with zero attached hydrogens (tertiary/aromatic N) is 3. The average molecular weight is 407 g/mol. The molecule has 0 fully saturated rings. The summed E-state index contributed by atoms with van der Waals surface area (Å²) in [6.45, 7) is 1.34. The van der Waals surface area contributed by atoms with Crippen LogP contribution in [0.2, 0.25) is 0 Å². The second-order valence-electron chi connectivity index (χ2n) is 7.05. The molecule has 1 aliphatic rings. The lowest BCUT2D eigenvalue weighted by Gasteiger charge is -2.20. The van der Waals surface area contributed by atoms with Crippen LogP contribution in [-0.4, -0.2) is 44.1 Å². The second kappa shape index (κ2) is 6.73. The topological polar surface area (TPSA) is 86.0 Å². The van der Waals surface area contributed by atoms with Gasteiger partial charge in [-0.05, 0) is 24.6 Å². The molecule has 152 valence electrons. The molecule has 0 amide bonds. The van der Waals surface area contributed by atoms with E-state index < -0.39 is 23.5 Å². The van der Waals surface area contributed by atoms with Gasteiger partial charge in [-0.25, -0.2) is 9.50 Å². The number of hydrogen-bond acceptors (Lipinski definition) is 6. The summed E-state index contributed by atoms with van der Waals surface area (Å²) in [5.41, 5.74) is 0.227. The number of aliphatic hydroxyl groups is 1. The number of aromatic nitrogens is 3. The quantitative estimate of drug-likeness (QED) is 0.655. The highest BCUT2D eigenvalue weighted by Gasteiger charge is 2.38. The maximum absolute atomic E-state index is 12.9. The third-order valence-corrected chi connectivity index (χ3v) is 4.66. The number of carbonyl (C=O) groups is 1. The van der Waals surface area contributed by atoms with Crippen molar-refractivity contribution in [2.45, 2.75) is 31.7 Å². The maximum Gasteiger partial charge on any atom is 0.573 e. The molecule has 1 N–H and O–H groups in total. The Labute approximate surface area is 162 Å². The number of hydrogen-bond donors (Lipinski definition) is 1. The van der Waals surface area contributed by atoms with Gasteiger partial charge in [-0.15, -0.1) is 13.2 Å². The first-order valence-corrected chi connectivity index (χ1v) is 8.70. The normalized spacial score (nSPS) is 18.5. The van der Waals surface area contributed by atoms with Crippen LogP contribution in [0.15, 0.2) is 36.8 Å². The van der Waals surface area contributed by atoms with Crippen LogP contribution in [0.25, 0.3) is 5.65 Å². The van der Waals surface area contributed by atoms with Crippen LogP contribution >= 0.6 is 0 Å². The minimum absolute atomic E-state index is 0.0622. The molecular weight excluding hydrogens is 391 g/mol. The zero-order valence-corrected chi connectivity index (χ0v) is 15.2. The first kappa shape index (κ1) is 19.2. The summed E-state index contributed by atoms with van der Waals surface area (Å²) < 4.78 is 49.8. The molecule has 0 aliphatic carbocycles. The zero-order valence-electron chi connectivity index (χ0n) is 15.2. The van der Waals surface area contributed by atoms with E-state index in [1.54, 1.807) is 19.2 Å². The molecule has 0 bridgehead atoms. The fourth-order valence-electron chi connectivity index (χ4n) is 3.33. The predicted octanol–water partition coefficient (Wildman–Crippen LogP) is 2.74. The van der Waals surface area contributed by atoms with Gasteiger partial charge in [-0.1, -0.05) is 0 Å². The number of ketones is 1. The molecule has 0 spiro atoms. The van der Waals surface area contributed by atoms with Gasteiger partial charge in [-0.2, -0.15) is 5.10 Å². The summed E-state index contributed by atoms with van der Waals surface area (Å²) in [4.78, 5) is 16.9.